The molecule has 2 unspecified atom stereocenters. The molecular formula is C9H21NO. The molecule has 0 aliphatic carbocycles. The zero-order valence-electron chi connectivity index (χ0n) is 8.42. The van der Waals surface area contributed by atoms with Gasteiger partial charge in [-0.3, -0.25) is 0 Å². The second kappa shape index (κ2) is 5.56. The Morgan fingerprint density at radius 2 is 1.73 bits per heavy atom. The van der Waals surface area contributed by atoms with Gasteiger partial charge in [-0.2, -0.15) is 0 Å². The first-order valence-corrected chi connectivity index (χ1v) is 4.21. The van der Waals surface area contributed by atoms with Gasteiger partial charge in [0, 0.05) is 20.3 Å². The molecule has 0 bridgehead atoms. The number of ether oxygens (including phenoxy) is 1. The Morgan fingerprint density at radius 1 is 1.18 bits per heavy atom. The lowest BCUT2D eigenvalue weighted by atomic mass is 9.96. The van der Waals surface area contributed by atoms with Gasteiger partial charge in [0.1, 0.15) is 0 Å². The summed E-state index contributed by atoms with van der Waals surface area (Å²) in [5, 5.41) is 0. The molecule has 0 saturated carbocycles. The molecule has 0 spiro atoms. The maximum Gasteiger partial charge on any atom is 0.0490 e. The molecule has 2 atom stereocenters. The molecule has 11 heavy (non-hydrogen) atoms. The Hall–Kier alpha value is -0.0800. The van der Waals surface area contributed by atoms with Gasteiger partial charge in [-0.15, -0.1) is 0 Å². The van der Waals surface area contributed by atoms with Gasteiger partial charge in [-0.1, -0.05) is 13.8 Å². The van der Waals surface area contributed by atoms with Gasteiger partial charge in [-0.05, 0) is 25.9 Å². The van der Waals surface area contributed by atoms with Crippen LogP contribution in [0.2, 0.25) is 0 Å². The molecule has 68 valence electrons. The summed E-state index contributed by atoms with van der Waals surface area (Å²) in [4.78, 5) is 2.22. The van der Waals surface area contributed by atoms with Crippen molar-refractivity contribution in [3.8, 4) is 0 Å². The molecule has 0 radical (unpaired) electrons. The molecule has 0 aliphatic rings. The number of hydrogen-bond donors (Lipinski definition) is 0. The van der Waals surface area contributed by atoms with E-state index < -0.39 is 0 Å². The van der Waals surface area contributed by atoms with Crippen LogP contribution in [0.4, 0.5) is 0 Å². The number of hydrogen-bond acceptors (Lipinski definition) is 2. The second-order valence-corrected chi connectivity index (χ2v) is 3.67. The molecule has 0 aromatic rings. The minimum Gasteiger partial charge on any atom is -0.384 e. The summed E-state index contributed by atoms with van der Waals surface area (Å²) < 4.78 is 5.09. The summed E-state index contributed by atoms with van der Waals surface area (Å²) in [7, 11) is 5.98. The van der Waals surface area contributed by atoms with Crippen LogP contribution in [0.15, 0.2) is 0 Å². The van der Waals surface area contributed by atoms with E-state index in [4.69, 9.17) is 4.74 Å². The molecule has 2 nitrogen and oxygen atoms in total. The van der Waals surface area contributed by atoms with Crippen molar-refractivity contribution in [2.24, 2.45) is 11.8 Å². The molecule has 0 heterocycles. The van der Waals surface area contributed by atoms with Crippen molar-refractivity contribution in [3.63, 3.8) is 0 Å². The lowest BCUT2D eigenvalue weighted by Crippen LogP contribution is -2.26. The Bertz CT molecular complexity index is 93.6. The fraction of sp³-hybridized carbons (Fsp3) is 1.00. The van der Waals surface area contributed by atoms with Gasteiger partial charge in [0.15, 0.2) is 0 Å². The minimum absolute atomic E-state index is 0.655. The van der Waals surface area contributed by atoms with Gasteiger partial charge in [-0.25, -0.2) is 0 Å². The Balaban J connectivity index is 3.54. The van der Waals surface area contributed by atoms with Crippen LogP contribution in [0.25, 0.3) is 0 Å². The zero-order valence-corrected chi connectivity index (χ0v) is 8.42. The largest absolute Gasteiger partial charge is 0.384 e. The number of rotatable bonds is 5. The van der Waals surface area contributed by atoms with Crippen LogP contribution in [0.1, 0.15) is 13.8 Å². The maximum atomic E-state index is 5.09. The van der Waals surface area contributed by atoms with E-state index in [1.807, 2.05) is 0 Å². The minimum atomic E-state index is 0.655. The van der Waals surface area contributed by atoms with Crippen molar-refractivity contribution in [1.29, 1.82) is 0 Å². The van der Waals surface area contributed by atoms with Crippen molar-refractivity contribution in [2.75, 3.05) is 34.4 Å². The van der Waals surface area contributed by atoms with Crippen LogP contribution in [-0.4, -0.2) is 39.3 Å². The molecule has 0 aliphatic heterocycles. The summed E-state index contributed by atoms with van der Waals surface area (Å²) in [5.74, 6) is 1.37. The molecule has 0 aromatic carbocycles. The Labute approximate surface area is 70.5 Å². The predicted molar refractivity (Wildman–Crippen MR) is 48.8 cm³/mol. The third-order valence-electron chi connectivity index (χ3n) is 2.05. The van der Waals surface area contributed by atoms with E-state index in [-0.39, 0.29) is 0 Å². The monoisotopic (exact) mass is 159 g/mol. The van der Waals surface area contributed by atoms with E-state index in [0.29, 0.717) is 11.8 Å². The van der Waals surface area contributed by atoms with E-state index in [1.54, 1.807) is 7.11 Å². The van der Waals surface area contributed by atoms with Crippen molar-refractivity contribution >= 4 is 0 Å². The average molecular weight is 159 g/mol. The third-order valence-corrected chi connectivity index (χ3v) is 2.05. The molecule has 0 saturated heterocycles. The van der Waals surface area contributed by atoms with Gasteiger partial charge in [0.2, 0.25) is 0 Å². The van der Waals surface area contributed by atoms with E-state index in [9.17, 15) is 0 Å². The van der Waals surface area contributed by atoms with Crippen LogP contribution in [-0.2, 0) is 4.74 Å². The quantitative estimate of drug-likeness (QED) is 0.602. The summed E-state index contributed by atoms with van der Waals surface area (Å²) in [6.45, 7) is 6.51. The highest BCUT2D eigenvalue weighted by Gasteiger charge is 2.11. The first kappa shape index (κ1) is 10.9. The molecular weight excluding hydrogens is 138 g/mol. The van der Waals surface area contributed by atoms with E-state index >= 15 is 0 Å². The smallest absolute Gasteiger partial charge is 0.0490 e. The first-order valence-electron chi connectivity index (χ1n) is 4.21. The first-order chi connectivity index (χ1) is 5.07. The average Bonchev–Trinajstić information content (AvgIpc) is 1.86. The number of nitrogens with zero attached hydrogens (tertiary/aromatic N) is 1. The normalized spacial score (nSPS) is 16.9. The van der Waals surface area contributed by atoms with Gasteiger partial charge >= 0.3 is 0 Å². The van der Waals surface area contributed by atoms with E-state index in [0.717, 1.165) is 13.2 Å². The van der Waals surface area contributed by atoms with Gasteiger partial charge in [0.25, 0.3) is 0 Å². The fourth-order valence-corrected chi connectivity index (χ4v) is 1.18. The van der Waals surface area contributed by atoms with Crippen LogP contribution in [0.5, 0.6) is 0 Å². The molecule has 0 N–H and O–H groups in total. The lowest BCUT2D eigenvalue weighted by molar-refractivity contribution is 0.123. The summed E-state index contributed by atoms with van der Waals surface area (Å²) >= 11 is 0. The van der Waals surface area contributed by atoms with E-state index in [1.165, 1.54) is 0 Å². The van der Waals surface area contributed by atoms with Gasteiger partial charge in [0.05, 0.1) is 0 Å². The van der Waals surface area contributed by atoms with Gasteiger partial charge < -0.3 is 9.64 Å². The lowest BCUT2D eigenvalue weighted by Gasteiger charge is -2.22. The van der Waals surface area contributed by atoms with Crippen LogP contribution in [0.3, 0.4) is 0 Å². The topological polar surface area (TPSA) is 12.5 Å². The fourth-order valence-electron chi connectivity index (χ4n) is 1.18. The standard InChI is InChI=1S/C9H21NO/c1-8(6-10(3)4)9(2)7-11-5/h8-9H,6-7H2,1-5H3. The molecule has 2 heteroatoms. The molecule has 0 rings (SSSR count). The van der Waals surface area contributed by atoms with Crippen LogP contribution >= 0.6 is 0 Å². The molecule has 0 fully saturated rings. The number of methoxy groups -OCH3 is 1. The SMILES string of the molecule is COCC(C)C(C)CN(C)C. The Kier molecular flexibility index (Phi) is 5.51. The van der Waals surface area contributed by atoms with Crippen molar-refractivity contribution in [2.45, 2.75) is 13.8 Å². The van der Waals surface area contributed by atoms with Crippen molar-refractivity contribution in [1.82, 2.24) is 4.90 Å². The predicted octanol–water partition coefficient (Wildman–Crippen LogP) is 1.47. The third kappa shape index (κ3) is 5.22. The van der Waals surface area contributed by atoms with Crippen LogP contribution < -0.4 is 0 Å². The summed E-state index contributed by atoms with van der Waals surface area (Å²) in [6, 6.07) is 0. The van der Waals surface area contributed by atoms with Crippen molar-refractivity contribution < 1.29 is 4.74 Å². The summed E-state index contributed by atoms with van der Waals surface area (Å²) in [5.41, 5.74) is 0. The highest BCUT2D eigenvalue weighted by Crippen LogP contribution is 2.11. The summed E-state index contributed by atoms with van der Waals surface area (Å²) in [6.07, 6.45) is 0. The highest BCUT2D eigenvalue weighted by molar-refractivity contribution is 4.63. The maximum absolute atomic E-state index is 5.09. The molecule has 0 aromatic heterocycles. The Morgan fingerprint density at radius 3 is 2.09 bits per heavy atom. The molecule has 0 amide bonds. The highest BCUT2D eigenvalue weighted by atomic mass is 16.5. The zero-order chi connectivity index (χ0) is 8.85. The van der Waals surface area contributed by atoms with Crippen LogP contribution in [0, 0.1) is 11.8 Å². The second-order valence-electron chi connectivity index (χ2n) is 3.67. The van der Waals surface area contributed by atoms with Crippen molar-refractivity contribution in [3.05, 3.63) is 0 Å². The van der Waals surface area contributed by atoms with E-state index in [2.05, 4.69) is 32.8 Å².